The lowest BCUT2D eigenvalue weighted by Crippen LogP contribution is -2.40. The standard InChI is InChI=1S/C26H22ClFN4O3S/c1-15(25(30)34)32(18-9-12-20(27)21(28)13-18)26-31-24(29)23(36-26)22(33)17-7-10-19(11-8-17)35-14-16-5-3-2-4-6-16/h2-13,15H,14,29H2,1H3,(H2,30,34). The Morgan fingerprint density at radius 1 is 1.11 bits per heavy atom. The first-order valence-electron chi connectivity index (χ1n) is 10.9. The largest absolute Gasteiger partial charge is 0.489 e. The monoisotopic (exact) mass is 524 g/mol. The third kappa shape index (κ3) is 5.48. The molecule has 1 aromatic heterocycles. The maximum Gasteiger partial charge on any atom is 0.240 e. The van der Waals surface area contributed by atoms with E-state index >= 15 is 0 Å². The summed E-state index contributed by atoms with van der Waals surface area (Å²) in [6.45, 7) is 1.94. The van der Waals surface area contributed by atoms with Gasteiger partial charge in [0.05, 0.1) is 5.02 Å². The minimum Gasteiger partial charge on any atom is -0.489 e. The Morgan fingerprint density at radius 2 is 1.81 bits per heavy atom. The van der Waals surface area contributed by atoms with Crippen LogP contribution in [-0.4, -0.2) is 22.7 Å². The van der Waals surface area contributed by atoms with Gasteiger partial charge in [0, 0.05) is 11.3 Å². The van der Waals surface area contributed by atoms with E-state index < -0.39 is 17.8 Å². The van der Waals surface area contributed by atoms with Gasteiger partial charge in [-0.25, -0.2) is 9.37 Å². The van der Waals surface area contributed by atoms with E-state index in [4.69, 9.17) is 27.8 Å². The maximum absolute atomic E-state index is 14.2. The molecule has 4 aromatic rings. The number of anilines is 3. The van der Waals surface area contributed by atoms with Gasteiger partial charge < -0.3 is 21.1 Å². The van der Waals surface area contributed by atoms with Crippen molar-refractivity contribution in [2.75, 3.05) is 10.6 Å². The first kappa shape index (κ1) is 25.2. The number of halogens is 2. The molecule has 1 unspecified atom stereocenters. The average Bonchev–Trinajstić information content (AvgIpc) is 3.26. The van der Waals surface area contributed by atoms with Crippen LogP contribution >= 0.6 is 22.9 Å². The molecule has 1 amide bonds. The number of nitrogens with two attached hydrogens (primary N) is 2. The average molecular weight is 525 g/mol. The number of carbonyl (C=O) groups excluding carboxylic acids is 2. The lowest BCUT2D eigenvalue weighted by Gasteiger charge is -2.26. The molecule has 7 nitrogen and oxygen atoms in total. The molecule has 0 spiro atoms. The van der Waals surface area contributed by atoms with Crippen molar-refractivity contribution in [3.05, 3.63) is 99.6 Å². The zero-order valence-electron chi connectivity index (χ0n) is 19.2. The summed E-state index contributed by atoms with van der Waals surface area (Å²) in [5.74, 6) is -1.09. The highest BCUT2D eigenvalue weighted by molar-refractivity contribution is 7.18. The molecule has 0 radical (unpaired) electrons. The molecule has 0 aliphatic rings. The quantitative estimate of drug-likeness (QED) is 0.286. The molecule has 1 atom stereocenters. The maximum atomic E-state index is 14.2. The van der Waals surface area contributed by atoms with Crippen molar-refractivity contribution in [1.82, 2.24) is 4.98 Å². The van der Waals surface area contributed by atoms with Crippen LogP contribution in [0.4, 0.5) is 21.0 Å². The fourth-order valence-corrected chi connectivity index (χ4v) is 4.59. The molecule has 0 saturated heterocycles. The van der Waals surface area contributed by atoms with Crippen LogP contribution < -0.4 is 21.1 Å². The van der Waals surface area contributed by atoms with Crippen LogP contribution in [0.5, 0.6) is 5.75 Å². The zero-order chi connectivity index (χ0) is 25.8. The first-order chi connectivity index (χ1) is 17.2. The topological polar surface area (TPSA) is 112 Å². The fourth-order valence-electron chi connectivity index (χ4n) is 3.42. The molecular weight excluding hydrogens is 503 g/mol. The second-order valence-corrected chi connectivity index (χ2v) is 9.27. The molecule has 10 heteroatoms. The zero-order valence-corrected chi connectivity index (χ0v) is 20.7. The number of ketones is 1. The second-order valence-electron chi connectivity index (χ2n) is 7.89. The van der Waals surface area contributed by atoms with Crippen LogP contribution in [0.3, 0.4) is 0 Å². The van der Waals surface area contributed by atoms with Crippen molar-refractivity contribution < 1.29 is 18.7 Å². The highest BCUT2D eigenvalue weighted by atomic mass is 35.5. The summed E-state index contributed by atoms with van der Waals surface area (Å²) in [5.41, 5.74) is 13.3. The molecule has 3 aromatic carbocycles. The summed E-state index contributed by atoms with van der Waals surface area (Å²) < 4.78 is 19.9. The van der Waals surface area contributed by atoms with Crippen LogP contribution in [0.2, 0.25) is 5.02 Å². The van der Waals surface area contributed by atoms with E-state index in [9.17, 15) is 14.0 Å². The van der Waals surface area contributed by atoms with Crippen LogP contribution in [0.25, 0.3) is 0 Å². The summed E-state index contributed by atoms with van der Waals surface area (Å²) in [6.07, 6.45) is 0. The number of nitrogen functional groups attached to an aromatic ring is 1. The van der Waals surface area contributed by atoms with Gasteiger partial charge in [0.1, 0.15) is 34.9 Å². The van der Waals surface area contributed by atoms with Crippen LogP contribution in [-0.2, 0) is 11.4 Å². The van der Waals surface area contributed by atoms with Gasteiger partial charge >= 0.3 is 0 Å². The number of amides is 1. The summed E-state index contributed by atoms with van der Waals surface area (Å²) in [5, 5.41) is 0.142. The van der Waals surface area contributed by atoms with Crippen LogP contribution in [0.15, 0.2) is 72.8 Å². The minimum absolute atomic E-state index is 0.0134. The minimum atomic E-state index is -0.903. The SMILES string of the molecule is CC(C(N)=O)N(c1ccc(Cl)c(F)c1)c1nc(N)c(C(=O)c2ccc(OCc3ccccc3)cc2)s1. The normalized spacial score (nSPS) is 11.6. The number of carbonyl (C=O) groups is 2. The Balaban J connectivity index is 1.58. The first-order valence-corrected chi connectivity index (χ1v) is 12.1. The Morgan fingerprint density at radius 3 is 2.44 bits per heavy atom. The smallest absolute Gasteiger partial charge is 0.240 e. The number of aromatic nitrogens is 1. The molecule has 0 bridgehead atoms. The third-order valence-electron chi connectivity index (χ3n) is 5.40. The van der Waals surface area contributed by atoms with Gasteiger partial charge in [-0.15, -0.1) is 0 Å². The Bertz CT molecular complexity index is 1400. The number of hydrogen-bond acceptors (Lipinski definition) is 7. The van der Waals surface area contributed by atoms with E-state index in [0.29, 0.717) is 17.9 Å². The van der Waals surface area contributed by atoms with Gasteiger partial charge in [0.15, 0.2) is 5.13 Å². The fraction of sp³-hybridized carbons (Fsp3) is 0.115. The summed E-state index contributed by atoms with van der Waals surface area (Å²) in [7, 11) is 0. The molecule has 36 heavy (non-hydrogen) atoms. The highest BCUT2D eigenvalue weighted by Gasteiger charge is 2.28. The number of nitrogens with zero attached hydrogens (tertiary/aromatic N) is 2. The van der Waals surface area contributed by atoms with Gasteiger partial charge in [-0.1, -0.05) is 53.3 Å². The van der Waals surface area contributed by atoms with E-state index in [1.807, 2.05) is 30.3 Å². The number of hydrogen-bond donors (Lipinski definition) is 2. The van der Waals surface area contributed by atoms with Crippen molar-refractivity contribution in [2.45, 2.75) is 19.6 Å². The predicted octanol–water partition coefficient (Wildman–Crippen LogP) is 5.34. The van der Waals surface area contributed by atoms with E-state index in [0.717, 1.165) is 23.0 Å². The van der Waals surface area contributed by atoms with Crippen LogP contribution in [0.1, 0.15) is 27.7 Å². The van der Waals surface area contributed by atoms with Crippen molar-refractivity contribution >= 4 is 51.3 Å². The second kappa shape index (κ2) is 10.8. The Hall–Kier alpha value is -3.95. The summed E-state index contributed by atoms with van der Waals surface area (Å²) in [6, 6.07) is 19.5. The molecule has 4 N–H and O–H groups in total. The number of ether oxygens (including phenoxy) is 1. The molecule has 0 saturated carbocycles. The van der Waals surface area contributed by atoms with Gasteiger partial charge in [0.25, 0.3) is 0 Å². The third-order valence-corrected chi connectivity index (χ3v) is 6.78. The van der Waals surface area contributed by atoms with Crippen molar-refractivity contribution in [2.24, 2.45) is 5.73 Å². The van der Waals surface area contributed by atoms with Gasteiger partial charge in [-0.05, 0) is 55.0 Å². The predicted molar refractivity (Wildman–Crippen MR) is 139 cm³/mol. The van der Waals surface area contributed by atoms with Crippen LogP contribution in [0, 0.1) is 5.82 Å². The van der Waals surface area contributed by atoms with Gasteiger partial charge in [-0.2, -0.15) is 0 Å². The highest BCUT2D eigenvalue weighted by Crippen LogP contribution is 2.37. The summed E-state index contributed by atoms with van der Waals surface area (Å²) >= 11 is 6.78. The van der Waals surface area contributed by atoms with Gasteiger partial charge in [0.2, 0.25) is 11.7 Å². The number of rotatable bonds is 9. The molecular formula is C26H22ClFN4O3S. The molecule has 4 rings (SSSR count). The number of thiazole rings is 1. The number of benzene rings is 3. The molecule has 0 aliphatic carbocycles. The van der Waals surface area contributed by atoms with Crippen molar-refractivity contribution in [1.29, 1.82) is 0 Å². The summed E-state index contributed by atoms with van der Waals surface area (Å²) in [4.78, 5) is 31.1. The lowest BCUT2D eigenvalue weighted by molar-refractivity contribution is -0.118. The molecule has 1 heterocycles. The van der Waals surface area contributed by atoms with E-state index in [2.05, 4.69) is 4.98 Å². The Kier molecular flexibility index (Phi) is 7.52. The lowest BCUT2D eigenvalue weighted by atomic mass is 10.1. The van der Waals surface area contributed by atoms with E-state index in [1.165, 1.54) is 17.0 Å². The van der Waals surface area contributed by atoms with E-state index in [-0.39, 0.29) is 32.3 Å². The Labute approximate surface area is 216 Å². The van der Waals surface area contributed by atoms with E-state index in [1.54, 1.807) is 31.2 Å². The van der Waals surface area contributed by atoms with Crippen molar-refractivity contribution in [3.63, 3.8) is 0 Å². The van der Waals surface area contributed by atoms with Crippen molar-refractivity contribution in [3.8, 4) is 5.75 Å². The molecule has 0 fully saturated rings. The molecule has 0 aliphatic heterocycles. The molecule has 184 valence electrons. The van der Waals surface area contributed by atoms with Gasteiger partial charge in [-0.3, -0.25) is 9.59 Å². The number of primary amides is 1.